The van der Waals surface area contributed by atoms with Gasteiger partial charge in [0.2, 0.25) is 0 Å². The maximum absolute atomic E-state index is 13.3. The molecular weight excluding hydrogens is 232 g/mol. The van der Waals surface area contributed by atoms with Gasteiger partial charge in [-0.25, -0.2) is 13.6 Å². The summed E-state index contributed by atoms with van der Waals surface area (Å²) in [4.78, 5) is 12.9. The van der Waals surface area contributed by atoms with Crippen molar-refractivity contribution in [2.45, 2.75) is 38.7 Å². The Hall–Kier alpha value is -0.910. The normalized spacial score (nSPS) is 24.6. The van der Waals surface area contributed by atoms with Crippen molar-refractivity contribution in [2.75, 3.05) is 19.7 Å². The first-order chi connectivity index (χ1) is 7.65. The Morgan fingerprint density at radius 1 is 1.53 bits per heavy atom. The summed E-state index contributed by atoms with van der Waals surface area (Å²) in [7, 11) is 0. The number of nitrogens with zero attached hydrogens (tertiary/aromatic N) is 1. The summed E-state index contributed by atoms with van der Waals surface area (Å²) < 4.78 is 31.7. The average molecular weight is 251 g/mol. The lowest BCUT2D eigenvalue weighted by Gasteiger charge is -2.37. The van der Waals surface area contributed by atoms with Gasteiger partial charge in [-0.3, -0.25) is 0 Å². The standard InChI is InChI=1S/C11H19F2NO3/c1-10(2,3)17-9(16)14-5-4-11(12,13)8(6-14)7-15/h8,15H,4-7H2,1-3H3/t8-/m1/s1. The van der Waals surface area contributed by atoms with E-state index >= 15 is 0 Å². The monoisotopic (exact) mass is 251 g/mol. The molecule has 1 fully saturated rings. The fourth-order valence-corrected chi connectivity index (χ4v) is 1.66. The third-order valence-corrected chi connectivity index (χ3v) is 2.63. The minimum atomic E-state index is -2.91. The van der Waals surface area contributed by atoms with Crippen molar-refractivity contribution in [3.63, 3.8) is 0 Å². The van der Waals surface area contributed by atoms with Crippen LogP contribution in [0.1, 0.15) is 27.2 Å². The van der Waals surface area contributed by atoms with Crippen molar-refractivity contribution in [1.82, 2.24) is 4.90 Å². The summed E-state index contributed by atoms with van der Waals surface area (Å²) >= 11 is 0. The third-order valence-electron chi connectivity index (χ3n) is 2.63. The maximum Gasteiger partial charge on any atom is 0.410 e. The zero-order valence-electron chi connectivity index (χ0n) is 10.4. The number of halogens is 2. The van der Waals surface area contributed by atoms with Crippen LogP contribution < -0.4 is 0 Å². The molecule has 100 valence electrons. The Bertz CT molecular complexity index is 289. The predicted molar refractivity (Wildman–Crippen MR) is 57.9 cm³/mol. The van der Waals surface area contributed by atoms with Crippen LogP contribution in [0, 0.1) is 5.92 Å². The molecule has 1 saturated heterocycles. The molecule has 0 spiro atoms. The van der Waals surface area contributed by atoms with Crippen LogP contribution in [-0.4, -0.2) is 47.3 Å². The minimum absolute atomic E-state index is 0.0432. The van der Waals surface area contributed by atoms with E-state index in [1.807, 2.05) is 0 Å². The van der Waals surface area contributed by atoms with Crippen molar-refractivity contribution < 1.29 is 23.4 Å². The molecule has 0 bridgehead atoms. The van der Waals surface area contributed by atoms with Gasteiger partial charge < -0.3 is 14.7 Å². The summed E-state index contributed by atoms with van der Waals surface area (Å²) in [5, 5.41) is 8.90. The Labute approximate surface area is 99.5 Å². The zero-order valence-corrected chi connectivity index (χ0v) is 10.4. The number of piperidine rings is 1. The van der Waals surface area contributed by atoms with Gasteiger partial charge in [0.05, 0.1) is 12.5 Å². The molecule has 17 heavy (non-hydrogen) atoms. The van der Waals surface area contributed by atoms with Gasteiger partial charge in [-0.15, -0.1) is 0 Å². The molecular formula is C11H19F2NO3. The van der Waals surface area contributed by atoms with Gasteiger partial charge in [0.1, 0.15) is 5.60 Å². The smallest absolute Gasteiger partial charge is 0.410 e. The van der Waals surface area contributed by atoms with Gasteiger partial charge in [-0.05, 0) is 20.8 Å². The van der Waals surface area contributed by atoms with Crippen molar-refractivity contribution in [2.24, 2.45) is 5.92 Å². The summed E-state index contributed by atoms with van der Waals surface area (Å²) in [6.07, 6.45) is -1.04. The van der Waals surface area contributed by atoms with Crippen LogP contribution in [0.4, 0.5) is 13.6 Å². The molecule has 0 unspecified atom stereocenters. The van der Waals surface area contributed by atoms with Crippen LogP contribution in [0.2, 0.25) is 0 Å². The molecule has 0 aromatic rings. The van der Waals surface area contributed by atoms with E-state index in [0.29, 0.717) is 0 Å². The highest BCUT2D eigenvalue weighted by Gasteiger charge is 2.45. The van der Waals surface area contributed by atoms with E-state index in [4.69, 9.17) is 9.84 Å². The zero-order chi connectivity index (χ0) is 13.3. The molecule has 1 N–H and O–H groups in total. The summed E-state index contributed by atoms with van der Waals surface area (Å²) in [5.74, 6) is -4.11. The fraction of sp³-hybridized carbons (Fsp3) is 0.909. The summed E-state index contributed by atoms with van der Waals surface area (Å²) in [5.41, 5.74) is -0.647. The summed E-state index contributed by atoms with van der Waals surface area (Å²) in [6, 6.07) is 0. The molecule has 0 saturated carbocycles. The number of carbonyl (C=O) groups excluding carboxylic acids is 1. The number of ether oxygens (including phenoxy) is 1. The first-order valence-electron chi connectivity index (χ1n) is 5.62. The van der Waals surface area contributed by atoms with E-state index < -0.39 is 36.6 Å². The second-order valence-electron chi connectivity index (χ2n) is 5.32. The van der Waals surface area contributed by atoms with Gasteiger partial charge in [0, 0.05) is 19.5 Å². The average Bonchev–Trinajstić information content (AvgIpc) is 2.14. The van der Waals surface area contributed by atoms with Gasteiger partial charge >= 0.3 is 6.09 Å². The van der Waals surface area contributed by atoms with Crippen molar-refractivity contribution in [3.05, 3.63) is 0 Å². The second-order valence-corrected chi connectivity index (χ2v) is 5.32. The highest BCUT2D eigenvalue weighted by molar-refractivity contribution is 5.68. The molecule has 6 heteroatoms. The number of aliphatic hydroxyl groups is 1. The molecule has 1 atom stereocenters. The Morgan fingerprint density at radius 2 is 2.12 bits per heavy atom. The summed E-state index contributed by atoms with van der Waals surface area (Å²) in [6.45, 7) is 4.30. The van der Waals surface area contributed by atoms with Crippen molar-refractivity contribution >= 4 is 6.09 Å². The lowest BCUT2D eigenvalue weighted by atomic mass is 9.94. The molecule has 1 amide bonds. The SMILES string of the molecule is CC(C)(C)OC(=O)N1CCC(F)(F)[C@@H](CO)C1. The molecule has 1 rings (SSSR count). The van der Waals surface area contributed by atoms with Crippen LogP contribution in [0.15, 0.2) is 0 Å². The van der Waals surface area contributed by atoms with E-state index in [1.165, 1.54) is 4.90 Å². The molecule has 0 aliphatic carbocycles. The van der Waals surface area contributed by atoms with Crippen LogP contribution in [-0.2, 0) is 4.74 Å². The lowest BCUT2D eigenvalue weighted by Crippen LogP contribution is -2.51. The Balaban J connectivity index is 2.61. The fourth-order valence-electron chi connectivity index (χ4n) is 1.66. The van der Waals surface area contributed by atoms with Crippen LogP contribution in [0.5, 0.6) is 0 Å². The molecule has 0 aromatic heterocycles. The van der Waals surface area contributed by atoms with E-state index in [2.05, 4.69) is 0 Å². The van der Waals surface area contributed by atoms with Gasteiger partial charge in [0.25, 0.3) is 5.92 Å². The van der Waals surface area contributed by atoms with Gasteiger partial charge in [0.15, 0.2) is 0 Å². The number of alkyl halides is 2. The van der Waals surface area contributed by atoms with Crippen molar-refractivity contribution in [3.8, 4) is 0 Å². The van der Waals surface area contributed by atoms with Crippen molar-refractivity contribution in [1.29, 1.82) is 0 Å². The number of likely N-dealkylation sites (tertiary alicyclic amines) is 1. The maximum atomic E-state index is 13.3. The second kappa shape index (κ2) is 4.76. The van der Waals surface area contributed by atoms with E-state index in [9.17, 15) is 13.6 Å². The van der Waals surface area contributed by atoms with E-state index in [-0.39, 0.29) is 13.1 Å². The largest absolute Gasteiger partial charge is 0.444 e. The number of amides is 1. The molecule has 0 aromatic carbocycles. The van der Waals surface area contributed by atoms with Crippen LogP contribution in [0.3, 0.4) is 0 Å². The van der Waals surface area contributed by atoms with E-state index in [0.717, 1.165) is 0 Å². The number of hydrogen-bond donors (Lipinski definition) is 1. The molecule has 1 aliphatic rings. The van der Waals surface area contributed by atoms with E-state index in [1.54, 1.807) is 20.8 Å². The number of aliphatic hydroxyl groups excluding tert-OH is 1. The van der Waals surface area contributed by atoms with Gasteiger partial charge in [-0.2, -0.15) is 0 Å². The molecule has 4 nitrogen and oxygen atoms in total. The lowest BCUT2D eigenvalue weighted by molar-refractivity contribution is -0.118. The topological polar surface area (TPSA) is 49.8 Å². The molecule has 1 heterocycles. The molecule has 0 radical (unpaired) electrons. The number of carbonyl (C=O) groups is 1. The highest BCUT2D eigenvalue weighted by atomic mass is 19.3. The number of hydrogen-bond acceptors (Lipinski definition) is 3. The minimum Gasteiger partial charge on any atom is -0.444 e. The van der Waals surface area contributed by atoms with Crippen LogP contribution in [0.25, 0.3) is 0 Å². The first kappa shape index (κ1) is 14.2. The Morgan fingerprint density at radius 3 is 2.59 bits per heavy atom. The Kier molecular flexibility index (Phi) is 3.96. The highest BCUT2D eigenvalue weighted by Crippen LogP contribution is 2.33. The van der Waals surface area contributed by atoms with Crippen LogP contribution >= 0.6 is 0 Å². The number of rotatable bonds is 1. The third kappa shape index (κ3) is 3.80. The van der Waals surface area contributed by atoms with Gasteiger partial charge in [-0.1, -0.05) is 0 Å². The first-order valence-corrected chi connectivity index (χ1v) is 5.62. The molecule has 1 aliphatic heterocycles. The predicted octanol–water partition coefficient (Wildman–Crippen LogP) is 1.87. The quantitative estimate of drug-likeness (QED) is 0.774.